The van der Waals surface area contributed by atoms with Crippen LogP contribution in [0.4, 0.5) is 5.82 Å². The third kappa shape index (κ3) is 4.17. The zero-order chi connectivity index (χ0) is 17.6. The average molecular weight is 338 g/mol. The number of nitrogens with one attached hydrogen (secondary N) is 1. The van der Waals surface area contributed by atoms with Gasteiger partial charge in [0, 0.05) is 18.3 Å². The zero-order valence-corrected chi connectivity index (χ0v) is 14.0. The SMILES string of the molecule is CCn1nnnc1COc1ccc(C(=O)Nc2cc(C)ccn2)cc1. The summed E-state index contributed by atoms with van der Waals surface area (Å²) >= 11 is 0. The minimum absolute atomic E-state index is 0.223. The maximum atomic E-state index is 12.2. The Balaban J connectivity index is 1.60. The minimum atomic E-state index is -0.223. The highest BCUT2D eigenvalue weighted by Gasteiger charge is 2.08. The number of rotatable bonds is 6. The molecule has 0 aliphatic rings. The van der Waals surface area contributed by atoms with Crippen LogP contribution in [-0.4, -0.2) is 31.1 Å². The van der Waals surface area contributed by atoms with Crippen LogP contribution in [0, 0.1) is 6.92 Å². The van der Waals surface area contributed by atoms with Crippen LogP contribution in [0.2, 0.25) is 0 Å². The number of hydrogen-bond donors (Lipinski definition) is 1. The van der Waals surface area contributed by atoms with Crippen molar-refractivity contribution in [2.75, 3.05) is 5.32 Å². The van der Waals surface area contributed by atoms with Crippen molar-refractivity contribution in [1.82, 2.24) is 25.2 Å². The summed E-state index contributed by atoms with van der Waals surface area (Å²) in [6.45, 7) is 4.84. The van der Waals surface area contributed by atoms with Crippen LogP contribution in [0.3, 0.4) is 0 Å². The van der Waals surface area contributed by atoms with Crippen molar-refractivity contribution in [3.8, 4) is 5.75 Å². The van der Waals surface area contributed by atoms with Crippen molar-refractivity contribution in [3.05, 3.63) is 59.5 Å². The Morgan fingerprint density at radius 3 is 2.76 bits per heavy atom. The fourth-order valence-electron chi connectivity index (χ4n) is 2.22. The number of amides is 1. The van der Waals surface area contributed by atoms with Crippen molar-refractivity contribution < 1.29 is 9.53 Å². The van der Waals surface area contributed by atoms with Gasteiger partial charge < -0.3 is 10.1 Å². The van der Waals surface area contributed by atoms with Crippen molar-refractivity contribution in [3.63, 3.8) is 0 Å². The molecule has 128 valence electrons. The molecule has 0 atom stereocenters. The number of carbonyl (C=O) groups is 1. The van der Waals surface area contributed by atoms with Crippen LogP contribution in [0.25, 0.3) is 0 Å². The van der Waals surface area contributed by atoms with Crippen molar-refractivity contribution in [1.29, 1.82) is 0 Å². The van der Waals surface area contributed by atoms with E-state index in [1.807, 2.05) is 26.0 Å². The third-order valence-corrected chi connectivity index (χ3v) is 3.55. The first kappa shape index (κ1) is 16.6. The Bertz CT molecular complexity index is 860. The van der Waals surface area contributed by atoms with Gasteiger partial charge in [-0.15, -0.1) is 5.10 Å². The molecule has 2 aromatic heterocycles. The lowest BCUT2D eigenvalue weighted by molar-refractivity contribution is 0.102. The first-order valence-corrected chi connectivity index (χ1v) is 7.87. The molecule has 0 aliphatic heterocycles. The lowest BCUT2D eigenvalue weighted by atomic mass is 10.2. The summed E-state index contributed by atoms with van der Waals surface area (Å²) in [4.78, 5) is 16.4. The Labute approximate surface area is 144 Å². The van der Waals surface area contributed by atoms with Gasteiger partial charge in [-0.2, -0.15) is 0 Å². The molecular weight excluding hydrogens is 320 g/mol. The van der Waals surface area contributed by atoms with E-state index in [9.17, 15) is 4.79 Å². The van der Waals surface area contributed by atoms with Crippen LogP contribution in [0.1, 0.15) is 28.7 Å². The molecule has 0 saturated carbocycles. The van der Waals surface area contributed by atoms with Gasteiger partial charge in [-0.1, -0.05) is 0 Å². The lowest BCUT2D eigenvalue weighted by Crippen LogP contribution is -2.13. The fourth-order valence-corrected chi connectivity index (χ4v) is 2.22. The molecule has 1 N–H and O–H groups in total. The molecule has 0 fully saturated rings. The molecule has 0 saturated heterocycles. The third-order valence-electron chi connectivity index (χ3n) is 3.55. The first-order chi connectivity index (χ1) is 12.2. The maximum absolute atomic E-state index is 12.2. The maximum Gasteiger partial charge on any atom is 0.256 e. The van der Waals surface area contributed by atoms with Gasteiger partial charge in [0.25, 0.3) is 5.91 Å². The van der Waals surface area contributed by atoms with Gasteiger partial charge in [-0.3, -0.25) is 4.79 Å². The van der Waals surface area contributed by atoms with Crippen molar-refractivity contribution in [2.24, 2.45) is 0 Å². The van der Waals surface area contributed by atoms with E-state index in [1.54, 1.807) is 35.1 Å². The van der Waals surface area contributed by atoms with E-state index in [4.69, 9.17) is 4.74 Å². The molecule has 8 nitrogen and oxygen atoms in total. The van der Waals surface area contributed by atoms with Gasteiger partial charge in [0.1, 0.15) is 18.2 Å². The second kappa shape index (κ2) is 7.52. The van der Waals surface area contributed by atoms with Gasteiger partial charge in [0.15, 0.2) is 5.82 Å². The predicted octanol–water partition coefficient (Wildman–Crippen LogP) is 2.23. The normalized spacial score (nSPS) is 10.5. The van der Waals surface area contributed by atoms with Crippen molar-refractivity contribution >= 4 is 11.7 Å². The molecule has 0 radical (unpaired) electrons. The number of aryl methyl sites for hydroxylation is 2. The molecule has 0 aliphatic carbocycles. The zero-order valence-electron chi connectivity index (χ0n) is 14.0. The van der Waals surface area contributed by atoms with Gasteiger partial charge in [0.2, 0.25) is 0 Å². The van der Waals surface area contributed by atoms with E-state index in [0.29, 0.717) is 29.5 Å². The first-order valence-electron chi connectivity index (χ1n) is 7.87. The Hall–Kier alpha value is -3.29. The topological polar surface area (TPSA) is 94.8 Å². The number of pyridine rings is 1. The minimum Gasteiger partial charge on any atom is -0.486 e. The standard InChI is InChI=1S/C17H18N6O2/c1-3-23-16(20-21-22-23)11-25-14-6-4-13(5-7-14)17(24)19-15-10-12(2)8-9-18-15/h4-10H,3,11H2,1-2H3,(H,18,19,24). The van der Waals surface area contributed by atoms with Crippen LogP contribution >= 0.6 is 0 Å². The fraction of sp³-hybridized carbons (Fsp3) is 0.235. The summed E-state index contributed by atoms with van der Waals surface area (Å²) < 4.78 is 7.32. The summed E-state index contributed by atoms with van der Waals surface area (Å²) in [5, 5.41) is 14.1. The Morgan fingerprint density at radius 1 is 1.24 bits per heavy atom. The van der Waals surface area contributed by atoms with Crippen LogP contribution in [-0.2, 0) is 13.2 Å². The van der Waals surface area contributed by atoms with Gasteiger partial charge in [-0.25, -0.2) is 9.67 Å². The summed E-state index contributed by atoms with van der Waals surface area (Å²) in [6, 6.07) is 10.5. The van der Waals surface area contributed by atoms with Gasteiger partial charge >= 0.3 is 0 Å². The molecule has 0 bridgehead atoms. The Kier molecular flexibility index (Phi) is 4.98. The van der Waals surface area contributed by atoms with E-state index in [0.717, 1.165) is 5.56 Å². The lowest BCUT2D eigenvalue weighted by Gasteiger charge is -2.08. The molecule has 3 rings (SSSR count). The smallest absolute Gasteiger partial charge is 0.256 e. The molecule has 25 heavy (non-hydrogen) atoms. The number of carbonyl (C=O) groups excluding carboxylic acids is 1. The number of anilines is 1. The summed E-state index contributed by atoms with van der Waals surface area (Å²) in [5.41, 5.74) is 1.55. The average Bonchev–Trinajstić information content (AvgIpc) is 3.08. The van der Waals surface area contributed by atoms with Crippen LogP contribution in [0.15, 0.2) is 42.6 Å². The molecule has 2 heterocycles. The quantitative estimate of drug-likeness (QED) is 0.740. The number of benzene rings is 1. The number of aromatic nitrogens is 5. The molecular formula is C17H18N6O2. The molecule has 1 amide bonds. The summed E-state index contributed by atoms with van der Waals surface area (Å²) in [5.74, 6) is 1.59. The van der Waals surface area contributed by atoms with E-state index in [-0.39, 0.29) is 12.5 Å². The second-order valence-corrected chi connectivity index (χ2v) is 5.40. The number of tetrazole rings is 1. The summed E-state index contributed by atoms with van der Waals surface area (Å²) in [7, 11) is 0. The molecule has 0 spiro atoms. The highest BCUT2D eigenvalue weighted by molar-refractivity contribution is 6.03. The molecule has 0 unspecified atom stereocenters. The number of ether oxygens (including phenoxy) is 1. The highest BCUT2D eigenvalue weighted by atomic mass is 16.5. The molecule has 8 heteroatoms. The van der Waals surface area contributed by atoms with Gasteiger partial charge in [0.05, 0.1) is 0 Å². The van der Waals surface area contributed by atoms with Crippen LogP contribution in [0.5, 0.6) is 5.75 Å². The summed E-state index contributed by atoms with van der Waals surface area (Å²) in [6.07, 6.45) is 1.66. The molecule has 1 aromatic carbocycles. The monoisotopic (exact) mass is 338 g/mol. The Morgan fingerprint density at radius 2 is 2.04 bits per heavy atom. The predicted molar refractivity (Wildman–Crippen MR) is 91.2 cm³/mol. The number of nitrogens with zero attached hydrogens (tertiary/aromatic N) is 5. The number of hydrogen-bond acceptors (Lipinski definition) is 6. The highest BCUT2D eigenvalue weighted by Crippen LogP contribution is 2.15. The van der Waals surface area contributed by atoms with E-state index < -0.39 is 0 Å². The van der Waals surface area contributed by atoms with Crippen molar-refractivity contribution in [2.45, 2.75) is 27.0 Å². The largest absolute Gasteiger partial charge is 0.486 e. The van der Waals surface area contributed by atoms with E-state index >= 15 is 0 Å². The molecule has 3 aromatic rings. The second-order valence-electron chi connectivity index (χ2n) is 5.40. The van der Waals surface area contributed by atoms with Gasteiger partial charge in [-0.05, 0) is 66.2 Å². The van der Waals surface area contributed by atoms with Crippen LogP contribution < -0.4 is 10.1 Å². The van der Waals surface area contributed by atoms with E-state index in [2.05, 4.69) is 25.8 Å². The van der Waals surface area contributed by atoms with E-state index in [1.165, 1.54) is 0 Å².